The van der Waals surface area contributed by atoms with Crippen LogP contribution in [0.3, 0.4) is 0 Å². The highest BCUT2D eigenvalue weighted by Gasteiger charge is 2.72. The normalized spacial score (nSPS) is 32.5. The molecule has 2 fully saturated rings. The molecule has 48 heavy (non-hydrogen) atoms. The van der Waals surface area contributed by atoms with E-state index in [0.29, 0.717) is 24.9 Å². The Kier molecular flexibility index (Phi) is 9.85. The maximum atomic E-state index is 14.9. The molecule has 0 aliphatic carbocycles. The number of nitrogens with zero attached hydrogens (tertiary/aromatic N) is 2. The number of esters is 1. The molecular weight excluding hydrogens is 610 g/mol. The summed E-state index contributed by atoms with van der Waals surface area (Å²) in [5, 5.41) is 13.7. The van der Waals surface area contributed by atoms with E-state index in [1.54, 1.807) is 30.1 Å². The van der Waals surface area contributed by atoms with Crippen molar-refractivity contribution in [1.82, 2.24) is 15.1 Å². The van der Waals surface area contributed by atoms with E-state index >= 15 is 0 Å². The van der Waals surface area contributed by atoms with Gasteiger partial charge >= 0.3 is 5.97 Å². The van der Waals surface area contributed by atoms with Crippen molar-refractivity contribution < 1.29 is 33.8 Å². The van der Waals surface area contributed by atoms with Crippen molar-refractivity contribution in [2.45, 2.75) is 82.5 Å². The number of ether oxygens (including phenoxy) is 2. The van der Waals surface area contributed by atoms with Gasteiger partial charge in [0.1, 0.15) is 23.7 Å². The molecule has 2 saturated heterocycles. The third-order valence-electron chi connectivity index (χ3n) is 10.4. The monoisotopic (exact) mass is 655 g/mol. The van der Waals surface area contributed by atoms with E-state index in [9.17, 15) is 24.3 Å². The molecule has 3 amide bonds. The van der Waals surface area contributed by atoms with Gasteiger partial charge in [-0.25, -0.2) is 0 Å². The van der Waals surface area contributed by atoms with Crippen molar-refractivity contribution in [3.8, 4) is 0 Å². The summed E-state index contributed by atoms with van der Waals surface area (Å²) in [7, 11) is 0. The molecule has 0 bridgehead atoms. The van der Waals surface area contributed by atoms with Crippen LogP contribution in [0, 0.1) is 17.8 Å². The van der Waals surface area contributed by atoms with Gasteiger partial charge in [0, 0.05) is 19.5 Å². The lowest BCUT2D eigenvalue weighted by atomic mass is 9.77. The van der Waals surface area contributed by atoms with Crippen LogP contribution in [0.1, 0.15) is 57.3 Å². The lowest BCUT2D eigenvalue weighted by molar-refractivity contribution is -0.162. The van der Waals surface area contributed by atoms with Gasteiger partial charge in [-0.15, -0.1) is 0 Å². The first-order chi connectivity index (χ1) is 23.2. The molecule has 1 spiro atoms. The number of cyclic esters (lactones) is 1. The predicted octanol–water partition coefficient (Wildman–Crippen LogP) is 3.71. The molecule has 0 unspecified atom stereocenters. The van der Waals surface area contributed by atoms with E-state index in [0.717, 1.165) is 5.56 Å². The first-order valence-corrected chi connectivity index (χ1v) is 17.0. The smallest absolute Gasteiger partial charge is 0.313 e. The summed E-state index contributed by atoms with van der Waals surface area (Å²) < 4.78 is 13.1. The fraction of sp³-hybridized carbons (Fsp3) is 0.474. The number of fused-ring (bicyclic) bond motifs is 2. The minimum absolute atomic E-state index is 0.136. The fourth-order valence-electron chi connectivity index (χ4n) is 7.81. The number of rotatable bonds is 7. The summed E-state index contributed by atoms with van der Waals surface area (Å²) in [6.07, 6.45) is 6.73. The number of nitrogens with one attached hydrogen (secondary N) is 1. The van der Waals surface area contributed by atoms with Crippen LogP contribution in [0.15, 0.2) is 85.0 Å². The Hall–Kier alpha value is -4.28. The average Bonchev–Trinajstić information content (AvgIpc) is 3.48. The molecular formula is C38H45N3O7. The summed E-state index contributed by atoms with van der Waals surface area (Å²) in [6.45, 7) is 5.98. The van der Waals surface area contributed by atoms with Crippen molar-refractivity contribution in [3.63, 3.8) is 0 Å². The number of allylic oxidation sites excluding steroid dienone is 1. The van der Waals surface area contributed by atoms with E-state index in [1.165, 1.54) is 4.90 Å². The minimum Gasteiger partial charge on any atom is -0.455 e. The second-order valence-electron chi connectivity index (χ2n) is 13.4. The topological polar surface area (TPSA) is 125 Å². The second kappa shape index (κ2) is 14.1. The standard InChI is InChI=1S/C38H45N3O7/c1-4-24(2)28(23-42)41-34-36(45)40(22-26-14-7-5-8-15-26)21-13-20-38(34)32(35(41)44)31-29(48-38)18-11-12-19-30(43)39-25(3)33(47-37(31)46)27-16-9-6-10-17-27/h5-11,13-18,20,24-25,28-29,31-34,42H,4,12,19,21-23H2,1-3H3,(H,39,43)/b18-11-/t24-,25-,28-,29-,31+,32+,33+,34-,38+/m0/s1. The zero-order valence-corrected chi connectivity index (χ0v) is 27.7. The molecule has 254 valence electrons. The SMILES string of the molecule is CC[C@H](C)[C@H](CO)N1C(=O)[C@H]2[C@@H]3C(=O)O[C@@H](c4ccccc4)[C@H](C)NC(=O)CC/C=C\[C@@H]3O[C@]23C=CCN(Cc2ccccc2)C(=O)[C@H]13. The van der Waals surface area contributed by atoms with Crippen LogP contribution in [0.4, 0.5) is 0 Å². The third kappa shape index (κ3) is 6.07. The largest absolute Gasteiger partial charge is 0.455 e. The van der Waals surface area contributed by atoms with Crippen molar-refractivity contribution >= 4 is 23.7 Å². The Morgan fingerprint density at radius 2 is 1.71 bits per heavy atom. The molecule has 0 radical (unpaired) electrons. The van der Waals surface area contributed by atoms with Crippen LogP contribution in [-0.2, 0) is 35.2 Å². The number of likely N-dealkylation sites (tertiary alicyclic amines) is 1. The lowest BCUT2D eigenvalue weighted by Crippen LogP contribution is -2.59. The summed E-state index contributed by atoms with van der Waals surface area (Å²) in [5.41, 5.74) is 0.154. The first-order valence-electron chi connectivity index (χ1n) is 17.0. The fourth-order valence-corrected chi connectivity index (χ4v) is 7.81. The Bertz CT molecular complexity index is 1560. The van der Waals surface area contributed by atoms with Gasteiger partial charge < -0.3 is 29.7 Å². The number of hydrogen-bond donors (Lipinski definition) is 2. The Labute approximate surface area is 281 Å². The van der Waals surface area contributed by atoms with E-state index < -0.39 is 59.6 Å². The predicted molar refractivity (Wildman–Crippen MR) is 178 cm³/mol. The quantitative estimate of drug-likeness (QED) is 0.344. The van der Waals surface area contributed by atoms with Gasteiger partial charge in [0.05, 0.1) is 30.7 Å². The molecule has 0 saturated carbocycles. The average molecular weight is 656 g/mol. The Balaban J connectivity index is 1.45. The number of benzene rings is 2. The Morgan fingerprint density at radius 1 is 1.00 bits per heavy atom. The second-order valence-corrected chi connectivity index (χ2v) is 13.4. The van der Waals surface area contributed by atoms with Crippen molar-refractivity contribution in [2.75, 3.05) is 13.2 Å². The molecule has 4 aliphatic heterocycles. The van der Waals surface area contributed by atoms with E-state index in [-0.39, 0.29) is 37.3 Å². The van der Waals surface area contributed by atoms with Gasteiger partial charge in [-0.05, 0) is 30.4 Å². The van der Waals surface area contributed by atoms with Crippen LogP contribution < -0.4 is 5.32 Å². The molecule has 6 rings (SSSR count). The maximum Gasteiger partial charge on any atom is 0.313 e. The molecule has 2 aromatic carbocycles. The molecule has 4 aliphatic rings. The summed E-state index contributed by atoms with van der Waals surface area (Å²) in [5.74, 6) is -3.84. The lowest BCUT2D eigenvalue weighted by Gasteiger charge is -2.40. The van der Waals surface area contributed by atoms with Gasteiger partial charge in [0.2, 0.25) is 17.7 Å². The van der Waals surface area contributed by atoms with E-state index in [4.69, 9.17) is 9.47 Å². The molecule has 10 nitrogen and oxygen atoms in total. The van der Waals surface area contributed by atoms with E-state index in [1.807, 2.05) is 80.6 Å². The molecule has 4 heterocycles. The summed E-state index contributed by atoms with van der Waals surface area (Å²) in [4.78, 5) is 60.1. The highest BCUT2D eigenvalue weighted by atomic mass is 16.6. The highest BCUT2D eigenvalue weighted by Crippen LogP contribution is 2.54. The van der Waals surface area contributed by atoms with Crippen molar-refractivity contribution in [1.29, 1.82) is 0 Å². The minimum atomic E-state index is -1.48. The van der Waals surface area contributed by atoms with Crippen LogP contribution in [-0.4, -0.2) is 81.6 Å². The maximum absolute atomic E-state index is 14.9. The number of carbonyl (C=O) groups is 4. The van der Waals surface area contributed by atoms with Crippen LogP contribution in [0.25, 0.3) is 0 Å². The number of aliphatic hydroxyl groups excluding tert-OH is 1. The molecule has 10 heteroatoms. The van der Waals surface area contributed by atoms with Gasteiger partial charge in [0.15, 0.2) is 0 Å². The zero-order valence-electron chi connectivity index (χ0n) is 27.7. The molecule has 9 atom stereocenters. The zero-order chi connectivity index (χ0) is 34.0. The van der Waals surface area contributed by atoms with Gasteiger partial charge in [-0.3, -0.25) is 19.2 Å². The van der Waals surface area contributed by atoms with Crippen LogP contribution in [0.2, 0.25) is 0 Å². The number of amides is 3. The highest BCUT2D eigenvalue weighted by molar-refractivity contribution is 5.99. The third-order valence-corrected chi connectivity index (χ3v) is 10.4. The Morgan fingerprint density at radius 3 is 2.40 bits per heavy atom. The van der Waals surface area contributed by atoms with Crippen LogP contribution >= 0.6 is 0 Å². The number of aliphatic hydroxyl groups is 1. The number of hydrogen-bond acceptors (Lipinski definition) is 7. The van der Waals surface area contributed by atoms with Crippen molar-refractivity contribution in [2.24, 2.45) is 17.8 Å². The number of carbonyl (C=O) groups excluding carboxylic acids is 4. The first kappa shape index (κ1) is 33.6. The van der Waals surface area contributed by atoms with E-state index in [2.05, 4.69) is 5.32 Å². The van der Waals surface area contributed by atoms with Crippen LogP contribution in [0.5, 0.6) is 0 Å². The molecule has 0 aromatic heterocycles. The van der Waals surface area contributed by atoms with Gasteiger partial charge in [0.25, 0.3) is 0 Å². The van der Waals surface area contributed by atoms with Gasteiger partial charge in [-0.1, -0.05) is 105 Å². The molecule has 2 aromatic rings. The van der Waals surface area contributed by atoms with Crippen molar-refractivity contribution in [3.05, 3.63) is 96.1 Å². The van der Waals surface area contributed by atoms with Gasteiger partial charge in [-0.2, -0.15) is 0 Å². The molecule has 2 N–H and O–H groups in total. The summed E-state index contributed by atoms with van der Waals surface area (Å²) >= 11 is 0. The summed E-state index contributed by atoms with van der Waals surface area (Å²) in [6, 6.07) is 16.5.